The van der Waals surface area contributed by atoms with E-state index >= 15 is 0 Å². The van der Waals surface area contributed by atoms with Gasteiger partial charge in [0.2, 0.25) is 0 Å². The molecule has 1 heterocycles. The first-order valence-electron chi connectivity index (χ1n) is 4.89. The van der Waals surface area contributed by atoms with Crippen LogP contribution in [0.25, 0.3) is 0 Å². The molecule has 0 aromatic heterocycles. The lowest BCUT2D eigenvalue weighted by Crippen LogP contribution is -2.45. The van der Waals surface area contributed by atoms with E-state index in [1.165, 1.54) is 0 Å². The largest absolute Gasteiger partial charge is 0.359 e. The average Bonchev–Trinajstić information content (AvgIpc) is 2.26. The van der Waals surface area contributed by atoms with Crippen LogP contribution < -0.4 is 5.32 Å². The summed E-state index contributed by atoms with van der Waals surface area (Å²) in [5.74, 6) is 0.496. The van der Waals surface area contributed by atoms with Gasteiger partial charge in [-0.25, -0.2) is 0 Å². The van der Waals surface area contributed by atoms with Crippen molar-refractivity contribution in [1.82, 2.24) is 10.2 Å². The molecule has 0 aromatic carbocycles. The highest BCUT2D eigenvalue weighted by atomic mass is 16.7. The Kier molecular flexibility index (Phi) is 4.69. The van der Waals surface area contributed by atoms with E-state index in [2.05, 4.69) is 5.32 Å². The molecule has 1 saturated heterocycles. The molecular weight excluding hydrogens is 182 g/mol. The second-order valence-electron chi connectivity index (χ2n) is 3.36. The minimum absolute atomic E-state index is 0.288. The van der Waals surface area contributed by atoms with Crippen LogP contribution in [0.3, 0.4) is 0 Å². The predicted octanol–water partition coefficient (Wildman–Crippen LogP) is 0.225. The lowest BCUT2D eigenvalue weighted by atomic mass is 10.1. The molecule has 0 aliphatic carbocycles. The molecule has 0 spiro atoms. The number of likely N-dealkylation sites (tertiary alicyclic amines) is 1. The summed E-state index contributed by atoms with van der Waals surface area (Å²) in [4.78, 5) is 2.02. The quantitative estimate of drug-likeness (QED) is 0.390. The van der Waals surface area contributed by atoms with Gasteiger partial charge in [0.25, 0.3) is 0 Å². The summed E-state index contributed by atoms with van der Waals surface area (Å²) in [7, 11) is 3.40. The number of methoxy groups -OCH3 is 1. The van der Waals surface area contributed by atoms with Gasteiger partial charge in [0, 0.05) is 27.2 Å². The third kappa shape index (κ3) is 3.16. The molecule has 82 valence electrons. The molecule has 1 rings (SSSR count). The highest BCUT2D eigenvalue weighted by molar-refractivity contribution is 5.76. The minimum Gasteiger partial charge on any atom is -0.359 e. The smallest absolute Gasteiger partial charge is 0.190 e. The zero-order chi connectivity index (χ0) is 10.4. The third-order valence-corrected chi connectivity index (χ3v) is 2.42. The lowest BCUT2D eigenvalue weighted by Gasteiger charge is -2.32. The number of guanidine groups is 1. The van der Waals surface area contributed by atoms with Gasteiger partial charge in [-0.1, -0.05) is 0 Å². The van der Waals surface area contributed by atoms with Crippen molar-refractivity contribution in [3.05, 3.63) is 0 Å². The molecule has 0 amide bonds. The Bertz CT molecular complexity index is 179. The Hall–Kier alpha value is -0.810. The van der Waals surface area contributed by atoms with Crippen molar-refractivity contribution in [3.8, 4) is 0 Å². The van der Waals surface area contributed by atoms with Crippen LogP contribution >= 0.6 is 0 Å². The summed E-state index contributed by atoms with van der Waals surface area (Å²) in [5, 5.41) is 10.4. The van der Waals surface area contributed by atoms with E-state index in [1.54, 1.807) is 14.2 Å². The van der Waals surface area contributed by atoms with E-state index in [0.717, 1.165) is 25.9 Å². The van der Waals surface area contributed by atoms with Gasteiger partial charge in [-0.15, -0.1) is 0 Å². The number of hydrogen-bond donors (Lipinski definition) is 2. The second kappa shape index (κ2) is 5.82. The van der Waals surface area contributed by atoms with Crippen LogP contribution in [0.15, 0.2) is 0 Å². The first-order valence-corrected chi connectivity index (χ1v) is 4.89. The molecule has 0 unspecified atom stereocenters. The van der Waals surface area contributed by atoms with Gasteiger partial charge in [0.05, 0.1) is 6.10 Å². The second-order valence-corrected chi connectivity index (χ2v) is 3.36. The molecule has 0 aromatic rings. The number of ether oxygens (including phenoxy) is 2. The highest BCUT2D eigenvalue weighted by Crippen LogP contribution is 2.13. The van der Waals surface area contributed by atoms with Crippen molar-refractivity contribution in [2.45, 2.75) is 18.9 Å². The summed E-state index contributed by atoms with van der Waals surface area (Å²) in [6.45, 7) is 2.14. The summed E-state index contributed by atoms with van der Waals surface area (Å²) in [6, 6.07) is 0. The summed E-state index contributed by atoms with van der Waals surface area (Å²) >= 11 is 0. The van der Waals surface area contributed by atoms with Gasteiger partial charge in [-0.05, 0) is 12.8 Å². The number of piperidine rings is 1. The van der Waals surface area contributed by atoms with Gasteiger partial charge in [0.15, 0.2) is 5.96 Å². The Morgan fingerprint density at radius 1 is 1.50 bits per heavy atom. The maximum atomic E-state index is 7.59. The van der Waals surface area contributed by atoms with Crippen LogP contribution in [-0.2, 0) is 9.47 Å². The first-order chi connectivity index (χ1) is 6.77. The Morgan fingerprint density at radius 2 is 2.14 bits per heavy atom. The molecule has 2 N–H and O–H groups in total. The minimum atomic E-state index is 0.288. The van der Waals surface area contributed by atoms with Gasteiger partial charge >= 0.3 is 0 Å². The number of nitrogens with one attached hydrogen (secondary N) is 2. The first kappa shape index (κ1) is 11.3. The van der Waals surface area contributed by atoms with Crippen LogP contribution in [0.1, 0.15) is 12.8 Å². The van der Waals surface area contributed by atoms with E-state index in [4.69, 9.17) is 14.9 Å². The van der Waals surface area contributed by atoms with E-state index in [-0.39, 0.29) is 6.10 Å². The van der Waals surface area contributed by atoms with Gasteiger partial charge < -0.3 is 19.7 Å². The fourth-order valence-corrected chi connectivity index (χ4v) is 1.57. The molecule has 0 radical (unpaired) electrons. The Morgan fingerprint density at radius 3 is 2.64 bits per heavy atom. The average molecular weight is 201 g/mol. The molecule has 0 atom stereocenters. The topological polar surface area (TPSA) is 57.6 Å². The van der Waals surface area contributed by atoms with E-state index < -0.39 is 0 Å². The number of hydrogen-bond acceptors (Lipinski definition) is 3. The van der Waals surface area contributed by atoms with Gasteiger partial charge in [-0.2, -0.15) is 0 Å². The van der Waals surface area contributed by atoms with Crippen LogP contribution in [-0.4, -0.2) is 51.0 Å². The fourth-order valence-electron chi connectivity index (χ4n) is 1.57. The van der Waals surface area contributed by atoms with E-state index in [1.807, 2.05) is 4.90 Å². The van der Waals surface area contributed by atoms with E-state index in [0.29, 0.717) is 12.8 Å². The SMILES string of the molecule is CNC(=N)N1CCC(OCOC)CC1. The van der Waals surface area contributed by atoms with Crippen LogP contribution in [0.5, 0.6) is 0 Å². The molecular formula is C9H19N3O2. The van der Waals surface area contributed by atoms with Crippen molar-refractivity contribution in [1.29, 1.82) is 5.41 Å². The summed E-state index contributed by atoms with van der Waals surface area (Å²) < 4.78 is 10.3. The molecule has 14 heavy (non-hydrogen) atoms. The van der Waals surface area contributed by atoms with Gasteiger partial charge in [-0.3, -0.25) is 5.41 Å². The molecule has 1 aliphatic rings. The molecule has 5 heteroatoms. The Labute approximate surface area is 84.9 Å². The van der Waals surface area contributed by atoms with Crippen molar-refractivity contribution < 1.29 is 9.47 Å². The zero-order valence-corrected chi connectivity index (χ0v) is 8.88. The Balaban J connectivity index is 2.20. The normalized spacial score (nSPS) is 18.3. The van der Waals surface area contributed by atoms with Crippen molar-refractivity contribution in [2.24, 2.45) is 0 Å². The maximum absolute atomic E-state index is 7.59. The highest BCUT2D eigenvalue weighted by Gasteiger charge is 2.20. The summed E-state index contributed by atoms with van der Waals surface area (Å²) in [5.41, 5.74) is 0. The van der Waals surface area contributed by atoms with Crippen LogP contribution in [0.2, 0.25) is 0 Å². The lowest BCUT2D eigenvalue weighted by molar-refractivity contribution is -0.0849. The molecule has 1 aliphatic heterocycles. The van der Waals surface area contributed by atoms with Crippen LogP contribution in [0.4, 0.5) is 0 Å². The van der Waals surface area contributed by atoms with Gasteiger partial charge in [0.1, 0.15) is 6.79 Å². The number of nitrogens with zero attached hydrogens (tertiary/aromatic N) is 1. The molecule has 5 nitrogen and oxygen atoms in total. The van der Waals surface area contributed by atoms with E-state index in [9.17, 15) is 0 Å². The van der Waals surface area contributed by atoms with Crippen molar-refractivity contribution in [2.75, 3.05) is 34.0 Å². The number of rotatable bonds is 3. The molecule has 0 bridgehead atoms. The maximum Gasteiger partial charge on any atom is 0.190 e. The molecule has 1 fully saturated rings. The fraction of sp³-hybridized carbons (Fsp3) is 0.889. The summed E-state index contributed by atoms with van der Waals surface area (Å²) in [6.07, 6.45) is 2.22. The monoisotopic (exact) mass is 201 g/mol. The van der Waals surface area contributed by atoms with Crippen LogP contribution in [0, 0.1) is 5.41 Å². The molecule has 0 saturated carbocycles. The third-order valence-electron chi connectivity index (χ3n) is 2.42. The predicted molar refractivity (Wildman–Crippen MR) is 54.3 cm³/mol. The van der Waals surface area contributed by atoms with Crippen molar-refractivity contribution >= 4 is 5.96 Å². The van der Waals surface area contributed by atoms with Crippen molar-refractivity contribution in [3.63, 3.8) is 0 Å². The standard InChI is InChI=1S/C9H19N3O2/c1-11-9(10)12-5-3-8(4-6-12)14-7-13-2/h8H,3-7H2,1-2H3,(H2,10,11). The zero-order valence-electron chi connectivity index (χ0n) is 8.88.